The van der Waals surface area contributed by atoms with Gasteiger partial charge >= 0.3 is 29.8 Å². The average Bonchev–Trinajstić information content (AvgIpc) is 3.19. The first kappa shape index (κ1) is 52.4. The Labute approximate surface area is 375 Å². The van der Waals surface area contributed by atoms with Crippen molar-refractivity contribution in [3.8, 4) is 0 Å². The van der Waals surface area contributed by atoms with Crippen LogP contribution in [-0.4, -0.2) is 131 Å². The molecule has 358 valence electrons. The van der Waals surface area contributed by atoms with Gasteiger partial charge in [0, 0.05) is 56.3 Å². The molecule has 11 atom stereocenters. The summed E-state index contributed by atoms with van der Waals surface area (Å²) < 4.78 is 46.7. The molecule has 0 aromatic carbocycles. The van der Waals surface area contributed by atoms with E-state index in [0.29, 0.717) is 5.57 Å². The van der Waals surface area contributed by atoms with Crippen molar-refractivity contribution >= 4 is 29.8 Å². The molecular formula is C47H68O17. The van der Waals surface area contributed by atoms with Crippen molar-refractivity contribution in [3.05, 3.63) is 59.8 Å². The van der Waals surface area contributed by atoms with Crippen LogP contribution in [0, 0.1) is 10.8 Å². The van der Waals surface area contributed by atoms with E-state index in [4.69, 9.17) is 37.9 Å². The minimum absolute atomic E-state index is 0.0721. The highest BCUT2D eigenvalue weighted by atomic mass is 16.7. The van der Waals surface area contributed by atoms with Crippen molar-refractivity contribution in [1.82, 2.24) is 0 Å². The van der Waals surface area contributed by atoms with Gasteiger partial charge in [-0.1, -0.05) is 77.0 Å². The van der Waals surface area contributed by atoms with E-state index < -0.39 is 114 Å². The highest BCUT2D eigenvalue weighted by Gasteiger charge is 2.59. The number of carbonyl (C=O) groups is 5. The molecule has 0 aromatic heterocycles. The molecule has 0 aromatic rings. The minimum atomic E-state index is -2.47. The lowest BCUT2D eigenvalue weighted by atomic mass is 9.70. The molecule has 0 amide bonds. The molecule has 4 rings (SSSR count). The molecule has 3 saturated heterocycles. The van der Waals surface area contributed by atoms with Gasteiger partial charge in [0.15, 0.2) is 11.9 Å². The highest BCUT2D eigenvalue weighted by Crippen LogP contribution is 2.50. The van der Waals surface area contributed by atoms with Crippen LogP contribution in [0.2, 0.25) is 0 Å². The molecule has 0 saturated carbocycles. The second-order valence-electron chi connectivity index (χ2n) is 18.3. The van der Waals surface area contributed by atoms with Crippen LogP contribution in [0.25, 0.3) is 0 Å². The van der Waals surface area contributed by atoms with E-state index in [2.05, 4.69) is 0 Å². The second-order valence-corrected chi connectivity index (χ2v) is 18.3. The predicted molar refractivity (Wildman–Crippen MR) is 228 cm³/mol. The largest absolute Gasteiger partial charge is 0.466 e. The van der Waals surface area contributed by atoms with Crippen molar-refractivity contribution in [2.45, 2.75) is 179 Å². The predicted octanol–water partition coefficient (Wildman–Crippen LogP) is 4.28. The van der Waals surface area contributed by atoms with Gasteiger partial charge < -0.3 is 58.3 Å². The quantitative estimate of drug-likeness (QED) is 0.0830. The van der Waals surface area contributed by atoms with Gasteiger partial charge in [-0.15, -0.1) is 0 Å². The van der Waals surface area contributed by atoms with Gasteiger partial charge in [-0.25, -0.2) is 14.4 Å². The van der Waals surface area contributed by atoms with Crippen LogP contribution in [0.3, 0.4) is 0 Å². The number of rotatable bonds is 9. The van der Waals surface area contributed by atoms with Gasteiger partial charge in [0.05, 0.1) is 62.7 Å². The molecule has 17 nitrogen and oxygen atoms in total. The number of esters is 5. The monoisotopic (exact) mass is 904 g/mol. The van der Waals surface area contributed by atoms with Gasteiger partial charge in [0.2, 0.25) is 5.79 Å². The molecule has 17 heteroatoms. The number of ether oxygens (including phenoxy) is 8. The summed E-state index contributed by atoms with van der Waals surface area (Å²) in [7, 11) is 2.40. The SMILES string of the molecule is CCC/C=C/C=C/C(=O)O[C@H]1/C(=C/C(=O)OC)C[C@H]2CC([C@@H](C)O)OC(=O)C[C@H](O)CC3CC(OC(C)=O)C(C)(C)[C@](O)(CC4C/C(=C/C(=O)OC)C[C@H](/C=C/C(C)(C)[C@]1(O)O2)O4)O3. The summed E-state index contributed by atoms with van der Waals surface area (Å²) in [5.74, 6) is -8.31. The van der Waals surface area contributed by atoms with E-state index in [0.717, 1.165) is 32.1 Å². The number of aliphatic hydroxyl groups is 4. The van der Waals surface area contributed by atoms with Gasteiger partial charge in [-0.2, -0.15) is 0 Å². The first-order valence-corrected chi connectivity index (χ1v) is 21.9. The third-order valence-electron chi connectivity index (χ3n) is 12.4. The smallest absolute Gasteiger partial charge is 0.331 e. The van der Waals surface area contributed by atoms with Crippen molar-refractivity contribution in [1.29, 1.82) is 0 Å². The van der Waals surface area contributed by atoms with Crippen LogP contribution in [0.5, 0.6) is 0 Å². The van der Waals surface area contributed by atoms with Crippen LogP contribution in [0.4, 0.5) is 0 Å². The Morgan fingerprint density at radius 1 is 0.875 bits per heavy atom. The summed E-state index contributed by atoms with van der Waals surface area (Å²) in [5, 5.41) is 47.5. The Balaban J connectivity index is 1.89. The molecular weight excluding hydrogens is 836 g/mol. The average molecular weight is 905 g/mol. The molecule has 4 heterocycles. The molecule has 4 aliphatic heterocycles. The van der Waals surface area contributed by atoms with Crippen LogP contribution in [0.1, 0.15) is 113 Å². The summed E-state index contributed by atoms with van der Waals surface area (Å²) in [6.07, 6.45) is 2.55. The van der Waals surface area contributed by atoms with Crippen LogP contribution >= 0.6 is 0 Å². The molecule has 6 bridgehead atoms. The van der Waals surface area contributed by atoms with E-state index >= 15 is 0 Å². The van der Waals surface area contributed by atoms with E-state index in [9.17, 15) is 44.4 Å². The molecule has 4 aliphatic rings. The Hall–Kier alpha value is -4.23. The summed E-state index contributed by atoms with van der Waals surface area (Å²) in [5.41, 5.74) is -2.06. The molecule has 0 radical (unpaired) electrons. The van der Waals surface area contributed by atoms with E-state index in [1.54, 1.807) is 45.9 Å². The summed E-state index contributed by atoms with van der Waals surface area (Å²) in [6, 6.07) is 0. The third-order valence-corrected chi connectivity index (χ3v) is 12.4. The van der Waals surface area contributed by atoms with Crippen LogP contribution in [-0.2, 0) is 61.9 Å². The van der Waals surface area contributed by atoms with Crippen molar-refractivity contribution in [2.75, 3.05) is 14.2 Å². The van der Waals surface area contributed by atoms with E-state index in [1.165, 1.54) is 33.1 Å². The molecule has 0 spiro atoms. The minimum Gasteiger partial charge on any atom is -0.466 e. The fraction of sp³-hybridized carbons (Fsp3) is 0.681. The fourth-order valence-corrected chi connectivity index (χ4v) is 8.57. The van der Waals surface area contributed by atoms with Crippen molar-refractivity contribution in [2.24, 2.45) is 10.8 Å². The van der Waals surface area contributed by atoms with Gasteiger partial charge in [0.1, 0.15) is 12.2 Å². The molecule has 64 heavy (non-hydrogen) atoms. The second kappa shape index (κ2) is 22.3. The Bertz CT molecular complexity index is 1830. The Kier molecular flexibility index (Phi) is 18.3. The van der Waals surface area contributed by atoms with Crippen LogP contribution < -0.4 is 0 Å². The molecule has 0 aliphatic carbocycles. The molecule has 4 unspecified atom stereocenters. The maximum Gasteiger partial charge on any atom is 0.331 e. The fourth-order valence-electron chi connectivity index (χ4n) is 8.57. The standard InChI is InChI=1S/C47H68O17/c1-10-11-12-13-14-15-39(51)62-43-31(22-41(53)58-9)21-34-25-37(28(2)48)61-42(54)24-32(50)23-35-26-38(59-29(3)49)45(6,7)46(55,63-35)27-36-19-30(20-40(52)57-8)18-33(60-36)16-17-44(4,5)47(43,56)64-34/h12-17,20,22,28,32-38,43,48,50,55-56H,10-11,18-19,21,23-27H2,1-9H3/b13-12+,15-14+,17-16+,30-20+,31-22+/t28-,32-,33+,34+,35?,36?,37?,38?,43+,46+,47-/m1/s1. The number of fused-ring (bicyclic) bond motifs is 6. The van der Waals surface area contributed by atoms with E-state index in [-0.39, 0.29) is 50.5 Å². The van der Waals surface area contributed by atoms with Gasteiger partial charge in [-0.05, 0) is 38.2 Å². The normalized spacial score (nSPS) is 35.8. The lowest BCUT2D eigenvalue weighted by Crippen LogP contribution is -2.62. The van der Waals surface area contributed by atoms with Crippen LogP contribution in [0.15, 0.2) is 59.8 Å². The first-order chi connectivity index (χ1) is 29.9. The number of aliphatic hydroxyl groups excluding tert-OH is 2. The van der Waals surface area contributed by atoms with Crippen molar-refractivity contribution < 1.29 is 82.3 Å². The van der Waals surface area contributed by atoms with E-state index in [1.807, 2.05) is 13.0 Å². The Morgan fingerprint density at radius 2 is 1.56 bits per heavy atom. The zero-order chi connectivity index (χ0) is 47.6. The van der Waals surface area contributed by atoms with Gasteiger partial charge in [0.25, 0.3) is 0 Å². The lowest BCUT2D eigenvalue weighted by molar-refractivity contribution is -0.348. The number of unbranched alkanes of at least 4 members (excludes halogenated alkanes) is 1. The molecule has 3 fully saturated rings. The first-order valence-electron chi connectivity index (χ1n) is 21.9. The zero-order valence-corrected chi connectivity index (χ0v) is 38.5. The Morgan fingerprint density at radius 3 is 2.20 bits per heavy atom. The number of allylic oxidation sites excluding steroid dienone is 3. The lowest BCUT2D eigenvalue weighted by Gasteiger charge is -2.53. The third kappa shape index (κ3) is 13.4. The number of carbonyl (C=O) groups excluding carboxylic acids is 5. The maximum atomic E-state index is 13.4. The summed E-state index contributed by atoms with van der Waals surface area (Å²) in [4.78, 5) is 64.7. The number of hydrogen-bond donors (Lipinski definition) is 4. The van der Waals surface area contributed by atoms with Gasteiger partial charge in [-0.3, -0.25) is 9.59 Å². The number of cyclic esters (lactones) is 1. The topological polar surface area (TPSA) is 240 Å². The number of hydrogen-bond acceptors (Lipinski definition) is 17. The highest BCUT2D eigenvalue weighted by molar-refractivity contribution is 5.85. The molecule has 4 N–H and O–H groups in total. The number of methoxy groups -OCH3 is 2. The van der Waals surface area contributed by atoms with Crippen molar-refractivity contribution in [3.63, 3.8) is 0 Å². The summed E-state index contributed by atoms with van der Waals surface area (Å²) in [6.45, 7) is 11.2. The summed E-state index contributed by atoms with van der Waals surface area (Å²) >= 11 is 0. The zero-order valence-electron chi connectivity index (χ0n) is 38.5. The maximum absolute atomic E-state index is 13.4.